The van der Waals surface area contributed by atoms with Gasteiger partial charge in [-0.15, -0.1) is 0 Å². The van der Waals surface area contributed by atoms with E-state index in [2.05, 4.69) is 21.4 Å². The molecule has 1 aliphatic rings. The highest BCUT2D eigenvalue weighted by Crippen LogP contribution is 2.24. The van der Waals surface area contributed by atoms with Crippen LogP contribution in [0.3, 0.4) is 0 Å². The number of aliphatic imine (C=N–C) groups is 1. The van der Waals surface area contributed by atoms with Crippen LogP contribution in [0.25, 0.3) is 10.9 Å². The molecular weight excluding hydrogens is 556 g/mol. The van der Waals surface area contributed by atoms with Gasteiger partial charge in [-0.05, 0) is 62.8 Å². The third-order valence-electron chi connectivity index (χ3n) is 8.43. The highest BCUT2D eigenvalue weighted by molar-refractivity contribution is 5.90. The molecule has 3 aromatic rings. The van der Waals surface area contributed by atoms with E-state index in [1.807, 2.05) is 68.3 Å². The number of carbonyl (C=O) groups is 3. The maximum absolute atomic E-state index is 14.1. The molecule has 1 fully saturated rings. The molecular formula is C33H46N8O3. The van der Waals surface area contributed by atoms with Crippen LogP contribution in [0.5, 0.6) is 0 Å². The Bertz CT molecular complexity index is 1510. The zero-order chi connectivity index (χ0) is 32.0. The molecule has 1 saturated heterocycles. The average molecular weight is 603 g/mol. The molecule has 4 atom stereocenters. The number of hydrogen-bond donors (Lipinski definition) is 5. The van der Waals surface area contributed by atoms with Gasteiger partial charge in [0.2, 0.25) is 17.7 Å². The highest BCUT2D eigenvalue weighted by atomic mass is 16.2. The minimum absolute atomic E-state index is 0.0120. The Morgan fingerprint density at radius 3 is 2.48 bits per heavy atom. The number of aromatic nitrogens is 1. The molecule has 1 aromatic heterocycles. The monoisotopic (exact) mass is 602 g/mol. The molecule has 0 unspecified atom stereocenters. The number of nitrogens with zero attached hydrogens (tertiary/aromatic N) is 3. The minimum Gasteiger partial charge on any atom is -0.370 e. The smallest absolute Gasteiger partial charge is 0.245 e. The third kappa shape index (κ3) is 7.96. The van der Waals surface area contributed by atoms with Gasteiger partial charge in [-0.25, -0.2) is 0 Å². The van der Waals surface area contributed by atoms with Crippen LogP contribution >= 0.6 is 0 Å². The van der Waals surface area contributed by atoms with Crippen molar-refractivity contribution in [2.45, 2.75) is 77.5 Å². The van der Waals surface area contributed by atoms with Gasteiger partial charge in [0.1, 0.15) is 6.04 Å². The van der Waals surface area contributed by atoms with E-state index >= 15 is 0 Å². The summed E-state index contributed by atoms with van der Waals surface area (Å²) in [7, 11) is 0. The van der Waals surface area contributed by atoms with E-state index < -0.39 is 12.1 Å². The first kappa shape index (κ1) is 32.5. The SMILES string of the molecule is CC(=O)N[C@H](Cc1c[nH]c2ccccc12)C(=O)N1C[C@H](CCCN=C(N)N)N(C(=O)[C@H](N)Cc2ccc(C)cc2C)C[C@H]1C. The van der Waals surface area contributed by atoms with Crippen LogP contribution in [0.1, 0.15) is 48.9 Å². The van der Waals surface area contributed by atoms with E-state index in [9.17, 15) is 14.4 Å². The summed E-state index contributed by atoms with van der Waals surface area (Å²) >= 11 is 0. The van der Waals surface area contributed by atoms with Crippen molar-refractivity contribution in [3.8, 4) is 0 Å². The molecule has 0 saturated carbocycles. The summed E-state index contributed by atoms with van der Waals surface area (Å²) in [6, 6.07) is 12.0. The normalized spacial score (nSPS) is 18.1. The van der Waals surface area contributed by atoms with E-state index in [1.165, 1.54) is 6.92 Å². The van der Waals surface area contributed by atoms with Crippen molar-refractivity contribution in [1.82, 2.24) is 20.1 Å². The summed E-state index contributed by atoms with van der Waals surface area (Å²) in [6.45, 7) is 8.47. The van der Waals surface area contributed by atoms with Gasteiger partial charge in [0.15, 0.2) is 5.96 Å². The largest absolute Gasteiger partial charge is 0.370 e. The van der Waals surface area contributed by atoms with Gasteiger partial charge in [-0.3, -0.25) is 19.4 Å². The summed E-state index contributed by atoms with van der Waals surface area (Å²) in [4.78, 5) is 51.1. The zero-order valence-corrected chi connectivity index (χ0v) is 26.2. The van der Waals surface area contributed by atoms with Crippen LogP contribution in [0.2, 0.25) is 0 Å². The lowest BCUT2D eigenvalue weighted by Gasteiger charge is -2.47. The topological polar surface area (TPSA) is 176 Å². The molecule has 8 N–H and O–H groups in total. The predicted octanol–water partition coefficient (Wildman–Crippen LogP) is 1.88. The molecule has 2 aromatic carbocycles. The van der Waals surface area contributed by atoms with E-state index in [0.717, 1.165) is 33.2 Å². The third-order valence-corrected chi connectivity index (χ3v) is 8.43. The van der Waals surface area contributed by atoms with Crippen LogP contribution in [0.15, 0.2) is 53.7 Å². The first-order valence-corrected chi connectivity index (χ1v) is 15.2. The number of nitrogens with one attached hydrogen (secondary N) is 2. The lowest BCUT2D eigenvalue weighted by Crippen LogP contribution is -2.65. The van der Waals surface area contributed by atoms with Gasteiger partial charge >= 0.3 is 0 Å². The van der Waals surface area contributed by atoms with Crippen molar-refractivity contribution in [1.29, 1.82) is 0 Å². The van der Waals surface area contributed by atoms with Crippen LogP contribution in [-0.4, -0.2) is 82.3 Å². The van der Waals surface area contributed by atoms with Crippen LogP contribution in [-0.2, 0) is 27.2 Å². The molecule has 1 aliphatic heterocycles. The second-order valence-corrected chi connectivity index (χ2v) is 12.0. The molecule has 4 rings (SSSR count). The summed E-state index contributed by atoms with van der Waals surface area (Å²) in [5.74, 6) is -0.597. The number of H-pyrrole nitrogens is 1. The van der Waals surface area contributed by atoms with Crippen molar-refractivity contribution < 1.29 is 14.4 Å². The van der Waals surface area contributed by atoms with E-state index in [1.54, 1.807) is 4.90 Å². The Balaban J connectivity index is 1.54. The van der Waals surface area contributed by atoms with Crippen LogP contribution < -0.4 is 22.5 Å². The predicted molar refractivity (Wildman–Crippen MR) is 174 cm³/mol. The second-order valence-electron chi connectivity index (χ2n) is 12.0. The maximum atomic E-state index is 14.1. The van der Waals surface area contributed by atoms with Crippen molar-refractivity contribution in [2.24, 2.45) is 22.2 Å². The van der Waals surface area contributed by atoms with Crippen molar-refractivity contribution in [3.05, 3.63) is 70.9 Å². The standard InChI is InChI=1S/C33H46N8O3/c1-20-11-12-24(21(2)14-20)15-28(34)31(43)41-18-22(3)40(19-26(41)8-7-13-37-33(35)36)32(44)30(39-23(4)42)16-25-17-38-29-10-6-5-9-27(25)29/h5-6,9-12,14,17,22,26,28,30,38H,7-8,13,15-16,18-19,34H2,1-4H3,(H,39,42)(H4,35,36,37)/t22-,26+,28-,30-/m1/s1. The Labute approximate surface area is 259 Å². The number of guanidine groups is 1. The van der Waals surface area contributed by atoms with Crippen LogP contribution in [0.4, 0.5) is 0 Å². The van der Waals surface area contributed by atoms with Gasteiger partial charge in [0, 0.05) is 62.2 Å². The lowest BCUT2D eigenvalue weighted by molar-refractivity contribution is -0.149. The quantitative estimate of drug-likeness (QED) is 0.127. The van der Waals surface area contributed by atoms with E-state index in [4.69, 9.17) is 17.2 Å². The minimum atomic E-state index is -0.759. The number of hydrogen-bond acceptors (Lipinski definition) is 5. The molecule has 2 heterocycles. The van der Waals surface area contributed by atoms with Gasteiger partial charge in [-0.1, -0.05) is 42.0 Å². The number of piperazine rings is 1. The maximum Gasteiger partial charge on any atom is 0.245 e. The molecule has 3 amide bonds. The second kappa shape index (κ2) is 14.4. The number of aromatic amines is 1. The molecule has 236 valence electrons. The Hall–Kier alpha value is -4.38. The Morgan fingerprint density at radius 2 is 1.77 bits per heavy atom. The summed E-state index contributed by atoms with van der Waals surface area (Å²) < 4.78 is 0. The Morgan fingerprint density at radius 1 is 1.02 bits per heavy atom. The molecule has 0 radical (unpaired) electrons. The van der Waals surface area contributed by atoms with E-state index in [-0.39, 0.29) is 35.8 Å². The molecule has 11 heteroatoms. The summed E-state index contributed by atoms with van der Waals surface area (Å²) in [5, 5.41) is 3.89. The van der Waals surface area contributed by atoms with Gasteiger partial charge in [-0.2, -0.15) is 0 Å². The number of amides is 3. The molecule has 0 aliphatic carbocycles. The molecule has 44 heavy (non-hydrogen) atoms. The molecule has 0 spiro atoms. The fourth-order valence-corrected chi connectivity index (χ4v) is 6.18. The first-order chi connectivity index (χ1) is 20.9. The van der Waals surface area contributed by atoms with Crippen molar-refractivity contribution in [2.75, 3.05) is 19.6 Å². The number of aryl methyl sites for hydroxylation is 2. The number of para-hydroxylation sites is 1. The molecule has 0 bridgehead atoms. The first-order valence-electron chi connectivity index (χ1n) is 15.2. The number of benzene rings is 2. The fourth-order valence-electron chi connectivity index (χ4n) is 6.18. The van der Waals surface area contributed by atoms with Gasteiger partial charge in [0.25, 0.3) is 0 Å². The number of fused-ring (bicyclic) bond motifs is 1. The summed E-state index contributed by atoms with van der Waals surface area (Å²) in [6.07, 6.45) is 3.86. The number of rotatable bonds is 11. The Kier molecular flexibility index (Phi) is 10.6. The van der Waals surface area contributed by atoms with Crippen LogP contribution in [0, 0.1) is 13.8 Å². The summed E-state index contributed by atoms with van der Waals surface area (Å²) in [5.41, 5.74) is 22.8. The highest BCUT2D eigenvalue weighted by Gasteiger charge is 2.40. The van der Waals surface area contributed by atoms with Gasteiger partial charge in [0.05, 0.1) is 6.04 Å². The fraction of sp³-hybridized carbons (Fsp3) is 0.455. The van der Waals surface area contributed by atoms with E-state index in [0.29, 0.717) is 45.3 Å². The van der Waals surface area contributed by atoms with Gasteiger partial charge < -0.3 is 37.3 Å². The number of carbonyl (C=O) groups excluding carboxylic acids is 3. The molecule has 11 nitrogen and oxygen atoms in total. The lowest BCUT2D eigenvalue weighted by atomic mass is 9.96. The van der Waals surface area contributed by atoms with Crippen molar-refractivity contribution >= 4 is 34.6 Å². The average Bonchev–Trinajstić information content (AvgIpc) is 3.38. The zero-order valence-electron chi connectivity index (χ0n) is 26.2. The van der Waals surface area contributed by atoms with Crippen molar-refractivity contribution in [3.63, 3.8) is 0 Å². The number of nitrogens with two attached hydrogens (primary N) is 3.